The third-order valence-electron chi connectivity index (χ3n) is 3.37. The molecule has 1 aromatic heterocycles. The molecule has 0 amide bonds. The van der Waals surface area contributed by atoms with E-state index in [1.165, 1.54) is 10.9 Å². The molecule has 0 unspecified atom stereocenters. The molecule has 6 nitrogen and oxygen atoms in total. The lowest BCUT2D eigenvalue weighted by atomic mass is 9.65. The molecule has 1 saturated carbocycles. The van der Waals surface area contributed by atoms with Crippen LogP contribution in [0.5, 0.6) is 0 Å². The summed E-state index contributed by atoms with van der Waals surface area (Å²) in [6.45, 7) is 5.85. The highest BCUT2D eigenvalue weighted by Gasteiger charge is 2.45. The molecule has 0 aliphatic heterocycles. The molecule has 1 aromatic rings. The van der Waals surface area contributed by atoms with E-state index in [4.69, 9.17) is 10.5 Å². The lowest BCUT2D eigenvalue weighted by Crippen LogP contribution is -2.50. The van der Waals surface area contributed by atoms with Crippen LogP contribution in [0.25, 0.3) is 0 Å². The first-order valence-corrected chi connectivity index (χ1v) is 6.42. The Balaban J connectivity index is 2.13. The fourth-order valence-corrected chi connectivity index (χ4v) is 2.33. The summed E-state index contributed by atoms with van der Waals surface area (Å²) < 4.78 is 6.58. The van der Waals surface area contributed by atoms with Gasteiger partial charge < -0.3 is 15.6 Å². The highest BCUT2D eigenvalue weighted by Crippen LogP contribution is 2.42. The number of imidazole rings is 1. The number of aromatic nitrogens is 2. The molecule has 1 fully saturated rings. The number of aliphatic hydroxyl groups is 1. The Labute approximate surface area is 112 Å². The Bertz CT molecular complexity index is 470. The maximum Gasteiger partial charge on any atom is 0.419 e. The second-order valence-electron chi connectivity index (χ2n) is 6.19. The van der Waals surface area contributed by atoms with Gasteiger partial charge in [-0.05, 0) is 33.6 Å². The molecule has 0 aromatic carbocycles. The van der Waals surface area contributed by atoms with Crippen LogP contribution in [0.15, 0.2) is 12.5 Å². The van der Waals surface area contributed by atoms with Gasteiger partial charge >= 0.3 is 6.09 Å². The minimum absolute atomic E-state index is 0.299. The van der Waals surface area contributed by atoms with Crippen molar-refractivity contribution in [1.29, 1.82) is 0 Å². The lowest BCUT2D eigenvalue weighted by molar-refractivity contribution is 0.0202. The van der Waals surface area contributed by atoms with Crippen LogP contribution >= 0.6 is 0 Å². The van der Waals surface area contributed by atoms with Gasteiger partial charge in [0.1, 0.15) is 11.9 Å². The number of carbonyl (C=O) groups is 1. The molecule has 3 N–H and O–H groups in total. The normalized spacial score (nSPS) is 26.9. The van der Waals surface area contributed by atoms with E-state index in [-0.39, 0.29) is 11.5 Å². The number of hydrogen-bond acceptors (Lipinski definition) is 5. The number of nitrogens with two attached hydrogens (primary N) is 1. The van der Waals surface area contributed by atoms with Crippen LogP contribution < -0.4 is 5.73 Å². The van der Waals surface area contributed by atoms with E-state index < -0.39 is 11.7 Å². The molecule has 2 rings (SSSR count). The van der Waals surface area contributed by atoms with Crippen molar-refractivity contribution in [2.24, 2.45) is 5.73 Å². The van der Waals surface area contributed by atoms with Gasteiger partial charge in [-0.25, -0.2) is 14.3 Å². The average Bonchev–Trinajstić information content (AvgIpc) is 2.71. The molecule has 0 bridgehead atoms. The van der Waals surface area contributed by atoms with Crippen molar-refractivity contribution >= 4 is 6.09 Å². The number of hydrogen-bond donors (Lipinski definition) is 2. The van der Waals surface area contributed by atoms with E-state index in [2.05, 4.69) is 4.98 Å². The van der Waals surface area contributed by atoms with Gasteiger partial charge in [0, 0.05) is 18.2 Å². The average molecular weight is 267 g/mol. The van der Waals surface area contributed by atoms with Crippen molar-refractivity contribution in [1.82, 2.24) is 9.55 Å². The Morgan fingerprint density at radius 1 is 1.63 bits per heavy atom. The molecule has 0 radical (unpaired) electrons. The zero-order chi connectivity index (χ0) is 14.3. The minimum atomic E-state index is -0.542. The largest absolute Gasteiger partial charge is 0.443 e. The fourth-order valence-electron chi connectivity index (χ4n) is 2.33. The third kappa shape index (κ3) is 2.79. The van der Waals surface area contributed by atoms with E-state index in [0.717, 1.165) is 5.69 Å². The quantitative estimate of drug-likeness (QED) is 0.834. The summed E-state index contributed by atoms with van der Waals surface area (Å²) in [5, 5.41) is 9.46. The minimum Gasteiger partial charge on any atom is -0.443 e. The van der Waals surface area contributed by atoms with E-state index in [0.29, 0.717) is 19.4 Å². The van der Waals surface area contributed by atoms with Crippen molar-refractivity contribution in [3.8, 4) is 0 Å². The number of carbonyl (C=O) groups excluding carboxylic acids is 1. The fraction of sp³-hybridized carbons (Fsp3) is 0.692. The summed E-state index contributed by atoms with van der Waals surface area (Å²) >= 11 is 0. The number of nitrogens with zero attached hydrogens (tertiary/aromatic N) is 2. The molecular formula is C13H21N3O3. The molecule has 1 aliphatic rings. The Morgan fingerprint density at radius 3 is 2.74 bits per heavy atom. The van der Waals surface area contributed by atoms with Gasteiger partial charge in [0.25, 0.3) is 0 Å². The summed E-state index contributed by atoms with van der Waals surface area (Å²) in [7, 11) is 0. The molecule has 0 atom stereocenters. The molecule has 0 spiro atoms. The van der Waals surface area contributed by atoms with Crippen LogP contribution in [-0.4, -0.2) is 39.0 Å². The zero-order valence-corrected chi connectivity index (χ0v) is 11.6. The topological polar surface area (TPSA) is 90.4 Å². The van der Waals surface area contributed by atoms with Crippen molar-refractivity contribution in [3.63, 3.8) is 0 Å². The second kappa shape index (κ2) is 4.61. The molecule has 0 saturated heterocycles. The van der Waals surface area contributed by atoms with Gasteiger partial charge in [-0.1, -0.05) is 0 Å². The summed E-state index contributed by atoms with van der Waals surface area (Å²) in [6, 6.07) is 0. The first-order chi connectivity index (χ1) is 8.76. The van der Waals surface area contributed by atoms with Gasteiger partial charge in [-0.2, -0.15) is 0 Å². The van der Waals surface area contributed by atoms with Crippen LogP contribution in [-0.2, 0) is 10.2 Å². The van der Waals surface area contributed by atoms with Gasteiger partial charge in [0.05, 0.1) is 11.8 Å². The van der Waals surface area contributed by atoms with Crippen molar-refractivity contribution < 1.29 is 14.6 Å². The Hall–Kier alpha value is -1.40. The number of ether oxygens (including phenoxy) is 1. The van der Waals surface area contributed by atoms with Gasteiger partial charge in [-0.15, -0.1) is 0 Å². The van der Waals surface area contributed by atoms with Crippen LogP contribution in [0.3, 0.4) is 0 Å². The molecule has 1 aliphatic carbocycles. The smallest absolute Gasteiger partial charge is 0.419 e. The highest BCUT2D eigenvalue weighted by atomic mass is 16.6. The van der Waals surface area contributed by atoms with Crippen molar-refractivity contribution in [3.05, 3.63) is 18.2 Å². The van der Waals surface area contributed by atoms with E-state index in [1.54, 1.807) is 6.20 Å². The lowest BCUT2D eigenvalue weighted by Gasteiger charge is -2.43. The van der Waals surface area contributed by atoms with Crippen LogP contribution in [0.4, 0.5) is 4.79 Å². The summed E-state index contributed by atoms with van der Waals surface area (Å²) in [4.78, 5) is 16.1. The maximum absolute atomic E-state index is 11.9. The zero-order valence-electron chi connectivity index (χ0n) is 11.6. The first kappa shape index (κ1) is 14.0. The summed E-state index contributed by atoms with van der Waals surface area (Å²) in [6.07, 6.45) is 3.48. The maximum atomic E-state index is 11.9. The van der Waals surface area contributed by atoms with E-state index >= 15 is 0 Å². The molecule has 19 heavy (non-hydrogen) atoms. The van der Waals surface area contributed by atoms with E-state index in [9.17, 15) is 9.90 Å². The Kier molecular flexibility index (Phi) is 3.40. The van der Waals surface area contributed by atoms with Gasteiger partial charge in [0.15, 0.2) is 0 Å². The highest BCUT2D eigenvalue weighted by molar-refractivity contribution is 5.70. The Morgan fingerprint density at radius 2 is 2.26 bits per heavy atom. The predicted octanol–water partition coefficient (Wildman–Crippen LogP) is 1.02. The predicted molar refractivity (Wildman–Crippen MR) is 69.8 cm³/mol. The van der Waals surface area contributed by atoms with Gasteiger partial charge in [-0.3, -0.25) is 0 Å². The number of rotatable bonds is 2. The first-order valence-electron chi connectivity index (χ1n) is 6.42. The summed E-state index contributed by atoms with van der Waals surface area (Å²) in [5.74, 6) is 0. The third-order valence-corrected chi connectivity index (χ3v) is 3.37. The SMILES string of the molecule is CC(C)(C)OC(=O)n1cnc(C2(CN)CC(O)C2)c1. The monoisotopic (exact) mass is 267 g/mol. The molecular weight excluding hydrogens is 246 g/mol. The molecule has 6 heteroatoms. The molecule has 106 valence electrons. The van der Waals surface area contributed by atoms with E-state index in [1.807, 2.05) is 20.8 Å². The van der Waals surface area contributed by atoms with Crippen molar-refractivity contribution in [2.45, 2.75) is 50.7 Å². The summed E-state index contributed by atoms with van der Waals surface area (Å²) in [5.41, 5.74) is 5.67. The van der Waals surface area contributed by atoms with Crippen LogP contribution in [0, 0.1) is 0 Å². The standard InChI is InChI=1S/C13H21N3O3/c1-12(2,3)19-11(18)16-6-10(15-8-16)13(7-14)4-9(17)5-13/h6,8-9,17H,4-5,7,14H2,1-3H3. The van der Waals surface area contributed by atoms with Crippen molar-refractivity contribution in [2.75, 3.05) is 6.54 Å². The van der Waals surface area contributed by atoms with Gasteiger partial charge in [0.2, 0.25) is 0 Å². The van der Waals surface area contributed by atoms with Crippen LogP contribution in [0.1, 0.15) is 39.3 Å². The van der Waals surface area contributed by atoms with Crippen LogP contribution in [0.2, 0.25) is 0 Å². The molecule has 1 heterocycles. The second-order valence-corrected chi connectivity index (χ2v) is 6.19. The number of aliphatic hydroxyl groups excluding tert-OH is 1.